The fourth-order valence-corrected chi connectivity index (χ4v) is 0.877. The average molecular weight is 151 g/mol. The summed E-state index contributed by atoms with van der Waals surface area (Å²) in [7, 11) is 0. The first-order chi connectivity index (χ1) is 5.29. The smallest absolute Gasteiger partial charge is 0.330 e. The van der Waals surface area contributed by atoms with Crippen LogP contribution in [-0.4, -0.2) is 9.83 Å². The molecule has 0 unspecified atom stereocenters. The SMILES string of the molecule is Nn1oc2cccnc2c1=O. The molecule has 0 aromatic carbocycles. The Morgan fingerprint density at radius 1 is 1.64 bits per heavy atom. The van der Waals surface area contributed by atoms with Gasteiger partial charge in [-0.25, -0.2) is 4.98 Å². The Morgan fingerprint density at radius 2 is 2.45 bits per heavy atom. The van der Waals surface area contributed by atoms with Crippen LogP contribution in [0.1, 0.15) is 0 Å². The van der Waals surface area contributed by atoms with E-state index in [1.54, 1.807) is 12.1 Å². The molecule has 2 heterocycles. The van der Waals surface area contributed by atoms with Crippen molar-refractivity contribution in [1.82, 2.24) is 9.83 Å². The fraction of sp³-hybridized carbons (Fsp3) is 0. The Bertz CT molecular complexity index is 442. The minimum Gasteiger partial charge on any atom is -0.354 e. The van der Waals surface area contributed by atoms with Crippen molar-refractivity contribution in [1.29, 1.82) is 0 Å². The van der Waals surface area contributed by atoms with Gasteiger partial charge in [0.15, 0.2) is 11.1 Å². The van der Waals surface area contributed by atoms with Gasteiger partial charge < -0.3 is 10.4 Å². The minimum absolute atomic E-state index is 0.259. The molecule has 0 fully saturated rings. The van der Waals surface area contributed by atoms with Crippen LogP contribution in [0.4, 0.5) is 0 Å². The molecule has 0 spiro atoms. The van der Waals surface area contributed by atoms with E-state index in [-0.39, 0.29) is 5.52 Å². The molecule has 0 saturated carbocycles. The molecule has 0 aliphatic heterocycles. The number of hydrogen-bond acceptors (Lipinski definition) is 4. The van der Waals surface area contributed by atoms with Crippen molar-refractivity contribution in [3.8, 4) is 0 Å². The predicted octanol–water partition coefficient (Wildman–Crippen LogP) is -0.297. The molecule has 2 aromatic heterocycles. The van der Waals surface area contributed by atoms with Gasteiger partial charge >= 0.3 is 5.56 Å². The van der Waals surface area contributed by atoms with E-state index < -0.39 is 5.56 Å². The number of hydrogen-bond donors (Lipinski definition) is 1. The summed E-state index contributed by atoms with van der Waals surface area (Å²) in [4.78, 5) is 15.5. The Morgan fingerprint density at radius 3 is 3.18 bits per heavy atom. The number of nitrogens with two attached hydrogens (primary N) is 1. The zero-order chi connectivity index (χ0) is 7.84. The number of pyridine rings is 1. The quantitative estimate of drug-likeness (QED) is 0.525. The first-order valence-corrected chi connectivity index (χ1v) is 3.01. The van der Waals surface area contributed by atoms with Crippen LogP contribution in [0, 0.1) is 0 Å². The lowest BCUT2D eigenvalue weighted by atomic mass is 10.4. The zero-order valence-electron chi connectivity index (χ0n) is 5.52. The Kier molecular flexibility index (Phi) is 1.00. The molecule has 0 saturated heterocycles. The van der Waals surface area contributed by atoms with Crippen molar-refractivity contribution < 1.29 is 4.52 Å². The summed E-state index contributed by atoms with van der Waals surface area (Å²) in [5, 5.41) is 0. The maximum atomic E-state index is 11.0. The molecule has 0 radical (unpaired) electrons. The van der Waals surface area contributed by atoms with Crippen molar-refractivity contribution in [2.24, 2.45) is 0 Å². The summed E-state index contributed by atoms with van der Waals surface area (Å²) in [6, 6.07) is 3.30. The van der Waals surface area contributed by atoms with Crippen LogP contribution < -0.4 is 11.4 Å². The van der Waals surface area contributed by atoms with E-state index >= 15 is 0 Å². The van der Waals surface area contributed by atoms with Gasteiger partial charge in [-0.05, 0) is 12.1 Å². The number of aromatic nitrogens is 2. The zero-order valence-corrected chi connectivity index (χ0v) is 5.52. The molecule has 0 bridgehead atoms. The van der Waals surface area contributed by atoms with Gasteiger partial charge in [0.1, 0.15) is 0 Å². The van der Waals surface area contributed by atoms with E-state index in [1.165, 1.54) is 6.20 Å². The van der Waals surface area contributed by atoms with Gasteiger partial charge in [-0.3, -0.25) is 4.79 Å². The lowest BCUT2D eigenvalue weighted by molar-refractivity contribution is 0.347. The van der Waals surface area contributed by atoms with Crippen molar-refractivity contribution in [2.75, 3.05) is 5.84 Å². The molecule has 2 N–H and O–H groups in total. The number of nitrogens with zero attached hydrogens (tertiary/aromatic N) is 2. The number of nitrogen functional groups attached to an aromatic ring is 1. The van der Waals surface area contributed by atoms with Crippen LogP contribution in [0.3, 0.4) is 0 Å². The van der Waals surface area contributed by atoms with Gasteiger partial charge in [-0.2, -0.15) is 0 Å². The van der Waals surface area contributed by atoms with Gasteiger partial charge in [0.25, 0.3) is 0 Å². The molecular weight excluding hydrogens is 146 g/mol. The predicted molar refractivity (Wildman–Crippen MR) is 38.4 cm³/mol. The summed E-state index contributed by atoms with van der Waals surface area (Å²) in [5.74, 6) is 5.15. The summed E-state index contributed by atoms with van der Waals surface area (Å²) in [6.07, 6.45) is 1.51. The lowest BCUT2D eigenvalue weighted by Crippen LogP contribution is -2.21. The second kappa shape index (κ2) is 1.85. The molecule has 0 atom stereocenters. The highest BCUT2D eigenvalue weighted by Gasteiger charge is 2.05. The van der Waals surface area contributed by atoms with Gasteiger partial charge in [0.2, 0.25) is 0 Å². The Labute approximate surface area is 61.0 Å². The normalized spacial score (nSPS) is 10.5. The Hall–Kier alpha value is -1.78. The molecule has 0 aliphatic rings. The van der Waals surface area contributed by atoms with Crippen LogP contribution in [0.25, 0.3) is 11.1 Å². The molecule has 56 valence electrons. The fourth-order valence-electron chi connectivity index (χ4n) is 0.877. The van der Waals surface area contributed by atoms with Crippen molar-refractivity contribution in [3.05, 3.63) is 28.7 Å². The topological polar surface area (TPSA) is 74.1 Å². The Balaban J connectivity index is 3.04. The lowest BCUT2D eigenvalue weighted by Gasteiger charge is -1.80. The van der Waals surface area contributed by atoms with E-state index in [0.717, 1.165) is 0 Å². The van der Waals surface area contributed by atoms with Crippen molar-refractivity contribution in [3.63, 3.8) is 0 Å². The van der Waals surface area contributed by atoms with Crippen molar-refractivity contribution in [2.45, 2.75) is 0 Å². The van der Waals surface area contributed by atoms with E-state index in [0.29, 0.717) is 10.4 Å². The molecule has 5 nitrogen and oxygen atoms in total. The van der Waals surface area contributed by atoms with Gasteiger partial charge in [-0.1, -0.05) is 4.85 Å². The average Bonchev–Trinajstić information content (AvgIpc) is 2.30. The maximum Gasteiger partial charge on any atom is 0.330 e. The first-order valence-electron chi connectivity index (χ1n) is 3.01. The highest BCUT2D eigenvalue weighted by molar-refractivity contribution is 5.70. The summed E-state index contributed by atoms with van der Waals surface area (Å²) in [6.45, 7) is 0. The van der Waals surface area contributed by atoms with E-state index in [2.05, 4.69) is 4.98 Å². The highest BCUT2D eigenvalue weighted by Crippen LogP contribution is 2.03. The van der Waals surface area contributed by atoms with Crippen molar-refractivity contribution >= 4 is 11.1 Å². The summed E-state index contributed by atoms with van der Waals surface area (Å²) >= 11 is 0. The van der Waals surface area contributed by atoms with Crippen LogP contribution in [0.15, 0.2) is 27.6 Å². The monoisotopic (exact) mass is 151 g/mol. The second-order valence-corrected chi connectivity index (χ2v) is 2.07. The van der Waals surface area contributed by atoms with Gasteiger partial charge in [-0.15, -0.1) is 0 Å². The molecule has 0 aliphatic carbocycles. The second-order valence-electron chi connectivity index (χ2n) is 2.07. The number of rotatable bonds is 0. The molecule has 11 heavy (non-hydrogen) atoms. The third-order valence-electron chi connectivity index (χ3n) is 1.37. The molecule has 5 heteroatoms. The highest BCUT2D eigenvalue weighted by atomic mass is 16.5. The third kappa shape index (κ3) is 0.706. The van der Waals surface area contributed by atoms with E-state index in [4.69, 9.17) is 10.4 Å². The van der Waals surface area contributed by atoms with E-state index in [9.17, 15) is 4.79 Å². The van der Waals surface area contributed by atoms with Crippen LogP contribution in [0.5, 0.6) is 0 Å². The van der Waals surface area contributed by atoms with Gasteiger partial charge in [0.05, 0.1) is 0 Å². The molecule has 2 aromatic rings. The maximum absolute atomic E-state index is 11.0. The minimum atomic E-state index is -0.416. The van der Waals surface area contributed by atoms with Crippen LogP contribution in [0.2, 0.25) is 0 Å². The van der Waals surface area contributed by atoms with Crippen LogP contribution >= 0.6 is 0 Å². The standard InChI is InChI=1S/C6H5N3O2/c7-9-6(10)5-4(11-9)2-1-3-8-5/h1-3H,7H2. The van der Waals surface area contributed by atoms with E-state index in [1.807, 2.05) is 0 Å². The largest absolute Gasteiger partial charge is 0.354 e. The molecule has 0 amide bonds. The molecular formula is C6H5N3O2. The summed E-state index contributed by atoms with van der Waals surface area (Å²) in [5.41, 5.74) is 0.246. The van der Waals surface area contributed by atoms with Crippen LogP contribution in [-0.2, 0) is 0 Å². The number of fused-ring (bicyclic) bond motifs is 1. The molecule has 2 rings (SSSR count). The van der Waals surface area contributed by atoms with Gasteiger partial charge in [0, 0.05) is 6.20 Å². The first kappa shape index (κ1) is 5.96. The third-order valence-corrected chi connectivity index (χ3v) is 1.37. The summed E-state index contributed by atoms with van der Waals surface area (Å²) < 4.78 is 4.82.